The molecule has 0 fully saturated rings. The van der Waals surface area contributed by atoms with Gasteiger partial charge in [-0.05, 0) is 30.7 Å². The molecule has 2 aromatic carbocycles. The van der Waals surface area contributed by atoms with Crippen molar-refractivity contribution in [2.24, 2.45) is 0 Å². The third-order valence-electron chi connectivity index (χ3n) is 5.47. The summed E-state index contributed by atoms with van der Waals surface area (Å²) in [4.78, 5) is 32.5. The maximum atomic E-state index is 13.3. The van der Waals surface area contributed by atoms with Gasteiger partial charge in [-0.1, -0.05) is 12.1 Å². The molecule has 1 N–H and O–H groups in total. The van der Waals surface area contributed by atoms with Gasteiger partial charge in [0.1, 0.15) is 17.5 Å². The summed E-state index contributed by atoms with van der Waals surface area (Å²) < 4.78 is 17.5. The fraction of sp³-hybridized carbons (Fsp3) is 0.348. The zero-order chi connectivity index (χ0) is 22.7. The molecule has 0 bridgehead atoms. The Kier molecular flexibility index (Phi) is 6.27. The minimum absolute atomic E-state index is 0.0256. The van der Waals surface area contributed by atoms with Gasteiger partial charge in [0.05, 0.1) is 37.4 Å². The number of amides is 2. The van der Waals surface area contributed by atoms with Crippen molar-refractivity contribution in [1.29, 1.82) is 0 Å². The molecule has 32 heavy (non-hydrogen) atoms. The smallest absolute Gasteiger partial charge is 0.253 e. The second-order valence-corrected chi connectivity index (χ2v) is 7.44. The number of imidazole rings is 1. The van der Waals surface area contributed by atoms with Crippen molar-refractivity contribution in [3.63, 3.8) is 0 Å². The lowest BCUT2D eigenvalue weighted by Gasteiger charge is -2.16. The van der Waals surface area contributed by atoms with Crippen molar-refractivity contribution in [2.75, 3.05) is 44.7 Å². The number of aromatic nitrogens is 2. The summed E-state index contributed by atoms with van der Waals surface area (Å²) in [5.74, 6) is 1.21. The molecule has 1 aromatic heterocycles. The highest BCUT2D eigenvalue weighted by molar-refractivity contribution is 6.05. The maximum Gasteiger partial charge on any atom is 0.253 e. The van der Waals surface area contributed by atoms with E-state index in [-0.39, 0.29) is 18.2 Å². The Morgan fingerprint density at radius 2 is 1.94 bits per heavy atom. The first-order chi connectivity index (χ1) is 15.6. The quantitative estimate of drug-likeness (QED) is 0.516. The molecule has 4 rings (SSSR count). The number of rotatable bonds is 9. The molecule has 0 radical (unpaired) electrons. The van der Waals surface area contributed by atoms with Crippen LogP contribution in [0, 0.1) is 0 Å². The molecular formula is C23H26N4O5. The second-order valence-electron chi connectivity index (χ2n) is 7.44. The summed E-state index contributed by atoms with van der Waals surface area (Å²) in [5.41, 5.74) is 2.12. The number of ether oxygens (including phenoxy) is 3. The maximum absolute atomic E-state index is 13.3. The first-order valence-corrected chi connectivity index (χ1v) is 10.4. The summed E-state index contributed by atoms with van der Waals surface area (Å²) in [5, 5.41) is 2.85. The zero-order valence-electron chi connectivity index (χ0n) is 18.3. The van der Waals surface area contributed by atoms with Crippen LogP contribution in [0.1, 0.15) is 18.9 Å². The van der Waals surface area contributed by atoms with Crippen molar-refractivity contribution < 1.29 is 23.8 Å². The van der Waals surface area contributed by atoms with Gasteiger partial charge in [0.15, 0.2) is 0 Å². The third-order valence-corrected chi connectivity index (χ3v) is 5.47. The molecule has 2 amide bonds. The van der Waals surface area contributed by atoms with Crippen LogP contribution < -0.4 is 19.7 Å². The third kappa shape index (κ3) is 3.99. The number of benzene rings is 2. The molecule has 0 aliphatic carbocycles. The molecular weight excluding hydrogens is 412 g/mol. The number of hydrogen-bond acceptors (Lipinski definition) is 6. The molecule has 9 nitrogen and oxygen atoms in total. The highest BCUT2D eigenvalue weighted by Crippen LogP contribution is 2.37. The monoisotopic (exact) mass is 438 g/mol. The van der Waals surface area contributed by atoms with Gasteiger partial charge < -0.3 is 19.5 Å². The molecule has 1 aliphatic heterocycles. The minimum Gasteiger partial charge on any atom is -0.497 e. The standard InChI is InChI=1S/C23H26N4O5/c1-30-12-6-11-26-22(29)19(27-18-8-5-4-7-16(18)25-23(26)27)14-21(28)24-17-10-9-15(31-2)13-20(17)32-3/h4-5,7-10,13,19H,6,11-12,14H2,1-3H3,(H,24,28). The molecule has 0 saturated carbocycles. The average Bonchev–Trinajstić information content (AvgIpc) is 3.29. The fourth-order valence-electron chi connectivity index (χ4n) is 3.95. The SMILES string of the molecule is COCCCN1C(=O)C(CC(=O)Nc2ccc(OC)cc2OC)n2c1nc1ccccc12. The molecule has 3 aromatic rings. The van der Waals surface area contributed by atoms with E-state index in [4.69, 9.17) is 14.2 Å². The zero-order valence-corrected chi connectivity index (χ0v) is 18.3. The van der Waals surface area contributed by atoms with Crippen LogP contribution in [0.15, 0.2) is 42.5 Å². The van der Waals surface area contributed by atoms with Gasteiger partial charge in [-0.25, -0.2) is 4.98 Å². The topological polar surface area (TPSA) is 94.9 Å². The summed E-state index contributed by atoms with van der Waals surface area (Å²) in [6, 6.07) is 12.1. The van der Waals surface area contributed by atoms with Gasteiger partial charge in [-0.15, -0.1) is 0 Å². The highest BCUT2D eigenvalue weighted by atomic mass is 16.5. The van der Waals surface area contributed by atoms with Crippen molar-refractivity contribution in [3.05, 3.63) is 42.5 Å². The number of methoxy groups -OCH3 is 3. The van der Waals surface area contributed by atoms with Crippen LogP contribution in [0.3, 0.4) is 0 Å². The first-order valence-electron chi connectivity index (χ1n) is 10.4. The summed E-state index contributed by atoms with van der Waals surface area (Å²) in [7, 11) is 4.71. The molecule has 9 heteroatoms. The van der Waals surface area contributed by atoms with Gasteiger partial charge in [0.2, 0.25) is 11.9 Å². The number of nitrogens with one attached hydrogen (secondary N) is 1. The number of hydrogen-bond donors (Lipinski definition) is 1. The number of anilines is 2. The lowest BCUT2D eigenvalue weighted by atomic mass is 10.1. The predicted molar refractivity (Wildman–Crippen MR) is 120 cm³/mol. The molecule has 168 valence electrons. The summed E-state index contributed by atoms with van der Waals surface area (Å²) >= 11 is 0. The fourth-order valence-corrected chi connectivity index (χ4v) is 3.95. The van der Waals surface area contributed by atoms with E-state index in [9.17, 15) is 9.59 Å². The van der Waals surface area contributed by atoms with Crippen molar-refractivity contribution >= 4 is 34.5 Å². The molecule has 0 saturated heterocycles. The number of carbonyl (C=O) groups is 2. The Balaban J connectivity index is 1.59. The van der Waals surface area contributed by atoms with E-state index in [0.717, 1.165) is 11.0 Å². The van der Waals surface area contributed by atoms with E-state index in [1.807, 2.05) is 28.8 Å². The van der Waals surface area contributed by atoms with Crippen LogP contribution in [-0.2, 0) is 14.3 Å². The van der Waals surface area contributed by atoms with Gasteiger partial charge in [-0.3, -0.25) is 19.1 Å². The normalized spacial score (nSPS) is 15.2. The van der Waals surface area contributed by atoms with Crippen LogP contribution >= 0.6 is 0 Å². The summed E-state index contributed by atoms with van der Waals surface area (Å²) in [6.45, 7) is 1.01. The van der Waals surface area contributed by atoms with Crippen molar-refractivity contribution in [3.8, 4) is 11.5 Å². The van der Waals surface area contributed by atoms with Crippen LogP contribution in [0.25, 0.3) is 11.0 Å². The van der Waals surface area contributed by atoms with Crippen molar-refractivity contribution in [1.82, 2.24) is 9.55 Å². The van der Waals surface area contributed by atoms with E-state index >= 15 is 0 Å². The summed E-state index contributed by atoms with van der Waals surface area (Å²) in [6.07, 6.45) is 0.648. The van der Waals surface area contributed by atoms with Crippen LogP contribution in [-0.4, -0.2) is 55.8 Å². The van der Waals surface area contributed by atoms with Crippen LogP contribution in [0.4, 0.5) is 11.6 Å². The van der Waals surface area contributed by atoms with Gasteiger partial charge in [0.25, 0.3) is 5.91 Å². The molecule has 2 heterocycles. The van der Waals surface area contributed by atoms with Crippen LogP contribution in [0.2, 0.25) is 0 Å². The Labute approximate surface area is 185 Å². The number of carbonyl (C=O) groups excluding carboxylic acids is 2. The van der Waals surface area contributed by atoms with Crippen molar-refractivity contribution in [2.45, 2.75) is 18.9 Å². The Hall–Kier alpha value is -3.59. The lowest BCUT2D eigenvalue weighted by molar-refractivity contribution is -0.124. The number of para-hydroxylation sites is 2. The van der Waals surface area contributed by atoms with Gasteiger partial charge in [0, 0.05) is 26.3 Å². The Morgan fingerprint density at radius 3 is 2.69 bits per heavy atom. The van der Waals surface area contributed by atoms with E-state index in [1.54, 1.807) is 37.3 Å². The highest BCUT2D eigenvalue weighted by Gasteiger charge is 2.40. The lowest BCUT2D eigenvalue weighted by Crippen LogP contribution is -2.32. The van der Waals surface area contributed by atoms with Gasteiger partial charge >= 0.3 is 0 Å². The van der Waals surface area contributed by atoms with E-state index in [2.05, 4.69) is 10.3 Å². The molecule has 1 atom stereocenters. The first kappa shape index (κ1) is 21.6. The number of fused-ring (bicyclic) bond motifs is 3. The molecule has 1 unspecified atom stereocenters. The minimum atomic E-state index is -0.677. The largest absolute Gasteiger partial charge is 0.497 e. The van der Waals surface area contributed by atoms with E-state index < -0.39 is 6.04 Å². The predicted octanol–water partition coefficient (Wildman–Crippen LogP) is 3.01. The second kappa shape index (κ2) is 9.27. The van der Waals surface area contributed by atoms with E-state index in [0.29, 0.717) is 42.7 Å². The van der Waals surface area contributed by atoms with Crippen LogP contribution in [0.5, 0.6) is 11.5 Å². The molecule has 0 spiro atoms. The van der Waals surface area contributed by atoms with Gasteiger partial charge in [-0.2, -0.15) is 0 Å². The Morgan fingerprint density at radius 1 is 1.12 bits per heavy atom. The Bertz CT molecular complexity index is 1140. The average molecular weight is 438 g/mol. The van der Waals surface area contributed by atoms with E-state index in [1.165, 1.54) is 7.11 Å². The number of nitrogens with zero attached hydrogens (tertiary/aromatic N) is 3. The molecule has 1 aliphatic rings.